The fourth-order valence-corrected chi connectivity index (χ4v) is 2.88. The van der Waals surface area contributed by atoms with Gasteiger partial charge in [0.25, 0.3) is 5.91 Å². The number of pyridine rings is 1. The van der Waals surface area contributed by atoms with Crippen LogP contribution in [-0.4, -0.2) is 41.6 Å². The normalized spacial score (nSPS) is 18.4. The Morgan fingerprint density at radius 3 is 2.83 bits per heavy atom. The third kappa shape index (κ3) is 3.51. The van der Waals surface area contributed by atoms with E-state index in [1.165, 1.54) is 0 Å². The lowest BCUT2D eigenvalue weighted by Gasteiger charge is -2.33. The van der Waals surface area contributed by atoms with Crippen LogP contribution in [0.1, 0.15) is 31.2 Å². The van der Waals surface area contributed by atoms with Crippen molar-refractivity contribution >= 4 is 23.3 Å². The summed E-state index contributed by atoms with van der Waals surface area (Å²) in [5.74, 6) is 0.316. The highest BCUT2D eigenvalue weighted by Crippen LogP contribution is 2.21. The molecule has 0 atom stereocenters. The van der Waals surface area contributed by atoms with Gasteiger partial charge in [-0.15, -0.1) is 0 Å². The average Bonchev–Trinajstić information content (AvgIpc) is 2.63. The molecule has 0 aromatic carbocycles. The molecule has 1 saturated heterocycles. The molecule has 3 heterocycles. The molecule has 8 heteroatoms. The number of amides is 2. The Hall–Kier alpha value is -2.95. The quantitative estimate of drug-likeness (QED) is 0.830. The summed E-state index contributed by atoms with van der Waals surface area (Å²) >= 11 is 0. The second-order valence-electron chi connectivity index (χ2n) is 5.81. The van der Waals surface area contributed by atoms with E-state index >= 15 is 0 Å². The number of nitrogens with one attached hydrogen (secondary N) is 2. The number of hydrazone groups is 1. The van der Waals surface area contributed by atoms with Crippen LogP contribution in [-0.2, 0) is 9.59 Å². The molecule has 0 spiro atoms. The maximum absolute atomic E-state index is 12.2. The van der Waals surface area contributed by atoms with E-state index in [1.807, 2.05) is 0 Å². The molecule has 0 saturated carbocycles. The van der Waals surface area contributed by atoms with Crippen molar-refractivity contribution in [3.05, 3.63) is 23.9 Å². The standard InChI is InChI=1S/C16H18N6O2/c17-10-11-2-1-7-18-15(11)22-8-5-12(6-9-22)19-16(24)13-3-4-14(23)21-20-13/h1-2,7,12H,3-6,8-9H2,(H,19,24)(H,21,23). The van der Waals surface area contributed by atoms with Crippen LogP contribution in [0, 0.1) is 11.3 Å². The Morgan fingerprint density at radius 1 is 1.38 bits per heavy atom. The van der Waals surface area contributed by atoms with Gasteiger partial charge in [-0.3, -0.25) is 9.59 Å². The van der Waals surface area contributed by atoms with Crippen molar-refractivity contribution in [3.63, 3.8) is 0 Å². The number of nitriles is 1. The van der Waals surface area contributed by atoms with Crippen molar-refractivity contribution in [2.45, 2.75) is 31.7 Å². The van der Waals surface area contributed by atoms with Gasteiger partial charge in [-0.25, -0.2) is 10.4 Å². The SMILES string of the molecule is N#Cc1cccnc1N1CCC(NC(=O)C2=NNC(=O)CC2)CC1. The van der Waals surface area contributed by atoms with Crippen molar-refractivity contribution in [3.8, 4) is 6.07 Å². The van der Waals surface area contributed by atoms with Crippen molar-refractivity contribution in [1.82, 2.24) is 15.7 Å². The molecule has 2 N–H and O–H groups in total. The van der Waals surface area contributed by atoms with Crippen LogP contribution in [0.4, 0.5) is 5.82 Å². The summed E-state index contributed by atoms with van der Waals surface area (Å²) < 4.78 is 0. The molecule has 124 valence electrons. The highest BCUT2D eigenvalue weighted by Gasteiger charge is 2.25. The molecule has 0 radical (unpaired) electrons. The first-order valence-corrected chi connectivity index (χ1v) is 7.93. The number of hydrogen-bond donors (Lipinski definition) is 2. The number of aromatic nitrogens is 1. The Balaban J connectivity index is 1.55. The number of carbonyl (C=O) groups excluding carboxylic acids is 2. The molecular formula is C16H18N6O2. The predicted octanol–water partition coefficient (Wildman–Crippen LogP) is 0.304. The van der Waals surface area contributed by atoms with E-state index in [-0.39, 0.29) is 17.9 Å². The zero-order valence-electron chi connectivity index (χ0n) is 13.2. The number of piperidine rings is 1. The highest BCUT2D eigenvalue weighted by molar-refractivity contribution is 6.39. The largest absolute Gasteiger partial charge is 0.355 e. The van der Waals surface area contributed by atoms with Gasteiger partial charge >= 0.3 is 0 Å². The number of hydrogen-bond acceptors (Lipinski definition) is 6. The lowest BCUT2D eigenvalue weighted by atomic mass is 10.0. The molecule has 24 heavy (non-hydrogen) atoms. The van der Waals surface area contributed by atoms with E-state index < -0.39 is 0 Å². The van der Waals surface area contributed by atoms with Crippen LogP contribution in [0.3, 0.4) is 0 Å². The van der Waals surface area contributed by atoms with Gasteiger partial charge in [-0.05, 0) is 25.0 Å². The molecule has 1 fully saturated rings. The van der Waals surface area contributed by atoms with E-state index in [2.05, 4.69) is 31.8 Å². The summed E-state index contributed by atoms with van der Waals surface area (Å²) in [6.45, 7) is 1.44. The number of carbonyl (C=O) groups is 2. The van der Waals surface area contributed by atoms with Crippen LogP contribution in [0.5, 0.6) is 0 Å². The lowest BCUT2D eigenvalue weighted by molar-refractivity contribution is -0.121. The molecule has 2 amide bonds. The van der Waals surface area contributed by atoms with Crippen LogP contribution >= 0.6 is 0 Å². The highest BCUT2D eigenvalue weighted by atomic mass is 16.2. The number of anilines is 1. The summed E-state index contributed by atoms with van der Waals surface area (Å²) in [7, 11) is 0. The Morgan fingerprint density at radius 2 is 2.17 bits per heavy atom. The van der Waals surface area contributed by atoms with E-state index in [0.717, 1.165) is 25.9 Å². The fourth-order valence-electron chi connectivity index (χ4n) is 2.88. The maximum atomic E-state index is 12.2. The molecule has 1 aromatic rings. The smallest absolute Gasteiger partial charge is 0.267 e. The Kier molecular flexibility index (Phi) is 4.70. The van der Waals surface area contributed by atoms with Crippen molar-refractivity contribution in [2.24, 2.45) is 5.10 Å². The summed E-state index contributed by atoms with van der Waals surface area (Å²) in [4.78, 5) is 29.6. The zero-order valence-corrected chi connectivity index (χ0v) is 13.2. The summed E-state index contributed by atoms with van der Waals surface area (Å²) in [5, 5.41) is 15.9. The lowest BCUT2D eigenvalue weighted by Crippen LogP contribution is -2.47. The molecule has 8 nitrogen and oxygen atoms in total. The third-order valence-corrected chi connectivity index (χ3v) is 4.20. The summed E-state index contributed by atoms with van der Waals surface area (Å²) in [6.07, 6.45) is 3.89. The summed E-state index contributed by atoms with van der Waals surface area (Å²) in [5.41, 5.74) is 3.26. The summed E-state index contributed by atoms with van der Waals surface area (Å²) in [6, 6.07) is 5.72. The molecule has 0 unspecified atom stereocenters. The average molecular weight is 326 g/mol. The predicted molar refractivity (Wildman–Crippen MR) is 87.1 cm³/mol. The molecular weight excluding hydrogens is 308 g/mol. The van der Waals surface area contributed by atoms with Gasteiger partial charge < -0.3 is 10.2 Å². The first-order valence-electron chi connectivity index (χ1n) is 7.93. The minimum Gasteiger partial charge on any atom is -0.355 e. The zero-order chi connectivity index (χ0) is 16.9. The van der Waals surface area contributed by atoms with Gasteiger partial charge in [0.15, 0.2) is 0 Å². The van der Waals surface area contributed by atoms with Gasteiger partial charge in [0, 0.05) is 38.2 Å². The van der Waals surface area contributed by atoms with Gasteiger partial charge in [0.1, 0.15) is 17.6 Å². The van der Waals surface area contributed by atoms with Crippen molar-refractivity contribution in [1.29, 1.82) is 5.26 Å². The first kappa shape index (κ1) is 15.9. The Labute approximate surface area is 139 Å². The van der Waals surface area contributed by atoms with Gasteiger partial charge in [0.05, 0.1) is 5.56 Å². The molecule has 3 rings (SSSR count). The molecule has 2 aliphatic rings. The van der Waals surface area contributed by atoms with E-state index in [0.29, 0.717) is 29.9 Å². The van der Waals surface area contributed by atoms with Crippen LogP contribution in [0.2, 0.25) is 0 Å². The van der Waals surface area contributed by atoms with Crippen molar-refractivity contribution < 1.29 is 9.59 Å². The fraction of sp³-hybridized carbons (Fsp3) is 0.438. The topological polar surface area (TPSA) is 110 Å². The van der Waals surface area contributed by atoms with E-state index in [9.17, 15) is 9.59 Å². The molecule has 2 aliphatic heterocycles. The van der Waals surface area contributed by atoms with Gasteiger partial charge in [-0.2, -0.15) is 10.4 Å². The minimum atomic E-state index is -0.219. The monoisotopic (exact) mass is 326 g/mol. The van der Waals surface area contributed by atoms with E-state index in [4.69, 9.17) is 5.26 Å². The molecule has 1 aromatic heterocycles. The molecule has 0 bridgehead atoms. The third-order valence-electron chi connectivity index (χ3n) is 4.20. The van der Waals surface area contributed by atoms with Crippen molar-refractivity contribution in [2.75, 3.05) is 18.0 Å². The maximum Gasteiger partial charge on any atom is 0.267 e. The van der Waals surface area contributed by atoms with Gasteiger partial charge in [0.2, 0.25) is 5.91 Å². The second kappa shape index (κ2) is 7.08. The van der Waals surface area contributed by atoms with Crippen LogP contribution < -0.4 is 15.6 Å². The second-order valence-corrected chi connectivity index (χ2v) is 5.81. The van der Waals surface area contributed by atoms with Crippen LogP contribution in [0.25, 0.3) is 0 Å². The number of nitrogens with zero attached hydrogens (tertiary/aromatic N) is 4. The van der Waals surface area contributed by atoms with E-state index in [1.54, 1.807) is 18.3 Å². The van der Waals surface area contributed by atoms with Crippen LogP contribution in [0.15, 0.2) is 23.4 Å². The minimum absolute atomic E-state index is 0.0586. The van der Waals surface area contributed by atoms with Gasteiger partial charge in [-0.1, -0.05) is 0 Å². The first-order chi connectivity index (χ1) is 11.7. The number of rotatable bonds is 3. The Bertz CT molecular complexity index is 716. The molecule has 0 aliphatic carbocycles.